The summed E-state index contributed by atoms with van der Waals surface area (Å²) in [6, 6.07) is 6.60. The van der Waals surface area contributed by atoms with E-state index in [0.717, 1.165) is 18.7 Å². The maximum atomic E-state index is 10.9. The van der Waals surface area contributed by atoms with E-state index in [1.807, 2.05) is 0 Å². The molecule has 0 radical (unpaired) electrons. The first-order chi connectivity index (χ1) is 8.74. The van der Waals surface area contributed by atoms with E-state index in [1.165, 1.54) is 6.07 Å². The van der Waals surface area contributed by atoms with Crippen molar-refractivity contribution in [3.63, 3.8) is 0 Å². The summed E-state index contributed by atoms with van der Waals surface area (Å²) < 4.78 is 5.12. The van der Waals surface area contributed by atoms with E-state index in [2.05, 4.69) is 10.1 Å². The highest BCUT2D eigenvalue weighted by Crippen LogP contribution is 2.38. The molecule has 0 unspecified atom stereocenters. The molecule has 0 spiro atoms. The van der Waals surface area contributed by atoms with Crippen LogP contribution in [0.15, 0.2) is 28.8 Å². The van der Waals surface area contributed by atoms with Crippen LogP contribution >= 0.6 is 0 Å². The summed E-state index contributed by atoms with van der Waals surface area (Å²) in [5, 5.41) is 14.8. The van der Waals surface area contributed by atoms with Crippen molar-refractivity contribution in [3.8, 4) is 0 Å². The molecule has 2 aromatic rings. The van der Waals surface area contributed by atoms with Crippen LogP contribution in [-0.2, 0) is 6.42 Å². The van der Waals surface area contributed by atoms with E-state index in [9.17, 15) is 10.1 Å². The summed E-state index contributed by atoms with van der Waals surface area (Å²) in [5.74, 6) is 1.59. The van der Waals surface area contributed by atoms with Gasteiger partial charge in [0.15, 0.2) is 5.82 Å². The first-order valence-corrected chi connectivity index (χ1v) is 5.79. The van der Waals surface area contributed by atoms with E-state index in [0.29, 0.717) is 23.8 Å². The summed E-state index contributed by atoms with van der Waals surface area (Å²) in [6.07, 6.45) is 2.51. The molecule has 92 valence electrons. The fourth-order valence-corrected chi connectivity index (χ4v) is 1.85. The van der Waals surface area contributed by atoms with Gasteiger partial charge in [-0.05, 0) is 12.8 Å². The molecular formula is C12H11N3O3. The van der Waals surface area contributed by atoms with Gasteiger partial charge in [0.25, 0.3) is 5.69 Å². The van der Waals surface area contributed by atoms with Crippen molar-refractivity contribution in [3.05, 3.63) is 51.7 Å². The van der Waals surface area contributed by atoms with Gasteiger partial charge in [-0.15, -0.1) is 0 Å². The van der Waals surface area contributed by atoms with E-state index < -0.39 is 4.92 Å². The Bertz CT molecular complexity index is 590. The molecule has 18 heavy (non-hydrogen) atoms. The lowest BCUT2D eigenvalue weighted by molar-refractivity contribution is -0.385. The fourth-order valence-electron chi connectivity index (χ4n) is 1.85. The highest BCUT2D eigenvalue weighted by Gasteiger charge is 2.29. The molecule has 6 heteroatoms. The summed E-state index contributed by atoms with van der Waals surface area (Å²) in [4.78, 5) is 14.7. The summed E-state index contributed by atoms with van der Waals surface area (Å²) >= 11 is 0. The van der Waals surface area contributed by atoms with Gasteiger partial charge in [0, 0.05) is 17.5 Å². The van der Waals surface area contributed by atoms with E-state index in [-0.39, 0.29) is 5.69 Å². The maximum Gasteiger partial charge on any atom is 0.273 e. The number of rotatable bonds is 4. The standard InChI is InChI=1S/C12H11N3O3/c16-15(17)10-4-2-1-3-9(10)7-11-13-12(14-18-11)8-5-6-8/h1-4,8H,5-7H2. The van der Waals surface area contributed by atoms with Crippen molar-refractivity contribution in [1.29, 1.82) is 0 Å². The third-order valence-corrected chi connectivity index (χ3v) is 2.96. The van der Waals surface area contributed by atoms with Crippen LogP contribution < -0.4 is 0 Å². The normalized spacial score (nSPS) is 14.7. The molecule has 1 aliphatic carbocycles. The van der Waals surface area contributed by atoms with Crippen molar-refractivity contribution in [2.75, 3.05) is 0 Å². The van der Waals surface area contributed by atoms with Crippen LogP contribution in [-0.4, -0.2) is 15.1 Å². The third-order valence-electron chi connectivity index (χ3n) is 2.96. The number of nitro benzene ring substituents is 1. The largest absolute Gasteiger partial charge is 0.339 e. The summed E-state index contributed by atoms with van der Waals surface area (Å²) in [5.41, 5.74) is 0.678. The molecule has 1 fully saturated rings. The van der Waals surface area contributed by atoms with Crippen LogP contribution in [0.4, 0.5) is 5.69 Å². The van der Waals surface area contributed by atoms with Crippen molar-refractivity contribution < 1.29 is 9.45 Å². The van der Waals surface area contributed by atoms with Gasteiger partial charge in [0.2, 0.25) is 5.89 Å². The molecule has 6 nitrogen and oxygen atoms in total. The zero-order valence-corrected chi connectivity index (χ0v) is 9.57. The van der Waals surface area contributed by atoms with Gasteiger partial charge in [-0.2, -0.15) is 4.98 Å². The maximum absolute atomic E-state index is 10.9. The molecule has 1 aliphatic rings. The second-order valence-corrected chi connectivity index (χ2v) is 4.38. The van der Waals surface area contributed by atoms with Crippen LogP contribution in [0.2, 0.25) is 0 Å². The molecule has 0 bridgehead atoms. The number of hydrogen-bond acceptors (Lipinski definition) is 5. The zero-order chi connectivity index (χ0) is 12.5. The predicted octanol–water partition coefficient (Wildman–Crippen LogP) is 2.45. The minimum absolute atomic E-state index is 0.0867. The Balaban J connectivity index is 1.84. The molecule has 1 aromatic carbocycles. The first-order valence-electron chi connectivity index (χ1n) is 5.79. The predicted molar refractivity (Wildman–Crippen MR) is 62.2 cm³/mol. The first kappa shape index (κ1) is 10.9. The van der Waals surface area contributed by atoms with Gasteiger partial charge in [-0.3, -0.25) is 10.1 Å². The molecule has 0 amide bonds. The number of benzene rings is 1. The lowest BCUT2D eigenvalue weighted by Crippen LogP contribution is -1.96. The Morgan fingerprint density at radius 1 is 1.39 bits per heavy atom. The lowest BCUT2D eigenvalue weighted by Gasteiger charge is -1.98. The Morgan fingerprint density at radius 2 is 2.17 bits per heavy atom. The number of aromatic nitrogens is 2. The average Bonchev–Trinajstić information content (AvgIpc) is 3.11. The van der Waals surface area contributed by atoms with Gasteiger partial charge in [-0.25, -0.2) is 0 Å². The number of nitrogens with zero attached hydrogens (tertiary/aromatic N) is 3. The lowest BCUT2D eigenvalue weighted by atomic mass is 10.1. The molecule has 3 rings (SSSR count). The monoisotopic (exact) mass is 245 g/mol. The van der Waals surface area contributed by atoms with Gasteiger partial charge < -0.3 is 4.52 Å². The third kappa shape index (κ3) is 2.09. The van der Waals surface area contributed by atoms with Crippen LogP contribution in [0, 0.1) is 10.1 Å². The molecular weight excluding hydrogens is 234 g/mol. The molecule has 0 saturated heterocycles. The second-order valence-electron chi connectivity index (χ2n) is 4.38. The van der Waals surface area contributed by atoms with E-state index in [4.69, 9.17) is 4.52 Å². The molecule has 0 N–H and O–H groups in total. The molecule has 1 heterocycles. The average molecular weight is 245 g/mol. The van der Waals surface area contributed by atoms with Crippen molar-refractivity contribution >= 4 is 5.69 Å². The van der Waals surface area contributed by atoms with Crippen molar-refractivity contribution in [2.45, 2.75) is 25.2 Å². The molecule has 1 saturated carbocycles. The zero-order valence-electron chi connectivity index (χ0n) is 9.57. The van der Waals surface area contributed by atoms with Crippen LogP contribution in [0.25, 0.3) is 0 Å². The van der Waals surface area contributed by atoms with E-state index in [1.54, 1.807) is 18.2 Å². The molecule has 1 aromatic heterocycles. The van der Waals surface area contributed by atoms with Gasteiger partial charge in [0.05, 0.1) is 11.3 Å². The van der Waals surface area contributed by atoms with Gasteiger partial charge >= 0.3 is 0 Å². The topological polar surface area (TPSA) is 82.1 Å². The fraction of sp³-hybridized carbons (Fsp3) is 0.333. The van der Waals surface area contributed by atoms with Crippen LogP contribution in [0.3, 0.4) is 0 Å². The number of hydrogen-bond donors (Lipinski definition) is 0. The Labute approximate surface area is 103 Å². The Kier molecular flexibility index (Phi) is 2.55. The summed E-state index contributed by atoms with van der Waals surface area (Å²) in [6.45, 7) is 0. The quantitative estimate of drug-likeness (QED) is 0.610. The molecule has 0 aliphatic heterocycles. The highest BCUT2D eigenvalue weighted by molar-refractivity contribution is 5.41. The minimum atomic E-state index is -0.395. The molecule has 0 atom stereocenters. The number of para-hydroxylation sites is 1. The Hall–Kier alpha value is -2.24. The van der Waals surface area contributed by atoms with Gasteiger partial charge in [0.1, 0.15) is 0 Å². The van der Waals surface area contributed by atoms with Crippen molar-refractivity contribution in [1.82, 2.24) is 10.1 Å². The van der Waals surface area contributed by atoms with Gasteiger partial charge in [-0.1, -0.05) is 23.4 Å². The number of nitro groups is 1. The minimum Gasteiger partial charge on any atom is -0.339 e. The second kappa shape index (κ2) is 4.21. The smallest absolute Gasteiger partial charge is 0.273 e. The van der Waals surface area contributed by atoms with Crippen molar-refractivity contribution in [2.24, 2.45) is 0 Å². The Morgan fingerprint density at radius 3 is 2.89 bits per heavy atom. The summed E-state index contributed by atoms with van der Waals surface area (Å²) in [7, 11) is 0. The van der Waals surface area contributed by atoms with Crippen LogP contribution in [0.1, 0.15) is 36.0 Å². The highest BCUT2D eigenvalue weighted by atomic mass is 16.6. The van der Waals surface area contributed by atoms with Crippen LogP contribution in [0.5, 0.6) is 0 Å². The van der Waals surface area contributed by atoms with E-state index >= 15 is 0 Å². The SMILES string of the molecule is O=[N+]([O-])c1ccccc1Cc1nc(C2CC2)no1.